The average Bonchev–Trinajstić information content (AvgIpc) is 2.03. The molecule has 0 aromatic heterocycles. The molecular weight excluding hydrogens is 172 g/mol. The number of aliphatic hydroxyl groups excluding tert-OH is 1. The highest BCUT2D eigenvalue weighted by atomic mass is 16.5. The van der Waals surface area contributed by atoms with Crippen LogP contribution in [0.5, 0.6) is 0 Å². The molecule has 0 heterocycles. The third-order valence-corrected chi connectivity index (χ3v) is 0.936. The van der Waals surface area contributed by atoms with Crippen molar-refractivity contribution in [3.8, 4) is 0 Å². The lowest BCUT2D eigenvalue weighted by molar-refractivity contribution is -0.143. The third kappa shape index (κ3) is 24.6. The van der Waals surface area contributed by atoms with Crippen LogP contribution in [0.4, 0.5) is 0 Å². The van der Waals surface area contributed by atoms with Gasteiger partial charge in [0, 0.05) is 20.1 Å². The van der Waals surface area contributed by atoms with E-state index in [-0.39, 0.29) is 12.6 Å². The van der Waals surface area contributed by atoms with Gasteiger partial charge in [0.1, 0.15) is 6.61 Å². The van der Waals surface area contributed by atoms with Gasteiger partial charge in [0.05, 0.1) is 6.10 Å². The van der Waals surface area contributed by atoms with Gasteiger partial charge in [-0.15, -0.1) is 0 Å². The fraction of sp³-hybridized carbons (Fsp3) is 0.889. The summed E-state index contributed by atoms with van der Waals surface area (Å²) in [6.07, 6.45) is -0.557. The van der Waals surface area contributed by atoms with E-state index in [0.717, 1.165) is 13.2 Å². The molecule has 13 heavy (non-hydrogen) atoms. The molecule has 0 aliphatic rings. The van der Waals surface area contributed by atoms with Crippen LogP contribution in [0.2, 0.25) is 0 Å². The average molecular weight is 192 g/mol. The molecule has 1 unspecified atom stereocenters. The summed E-state index contributed by atoms with van der Waals surface area (Å²) in [6.45, 7) is 8.63. The Labute approximate surface area is 79.8 Å². The van der Waals surface area contributed by atoms with Gasteiger partial charge in [-0.1, -0.05) is 0 Å². The molecule has 4 nitrogen and oxygen atoms in total. The number of hydrogen-bond acceptors (Lipinski definition) is 4. The van der Waals surface area contributed by atoms with Gasteiger partial charge in [-0.05, 0) is 20.8 Å². The number of carbonyl (C=O) groups is 1. The van der Waals surface area contributed by atoms with Gasteiger partial charge in [-0.3, -0.25) is 4.79 Å². The van der Waals surface area contributed by atoms with Crippen LogP contribution in [-0.4, -0.2) is 37.0 Å². The monoisotopic (exact) mass is 192 g/mol. The lowest BCUT2D eigenvalue weighted by atomic mass is 10.4. The zero-order valence-electron chi connectivity index (χ0n) is 8.87. The quantitative estimate of drug-likeness (QED) is 0.674. The predicted octanol–water partition coefficient (Wildman–Crippen LogP) is 0.973. The maximum Gasteiger partial charge on any atom is 0.302 e. The molecule has 0 amide bonds. The highest BCUT2D eigenvalue weighted by Crippen LogP contribution is 1.81. The predicted molar refractivity (Wildman–Crippen MR) is 50.5 cm³/mol. The highest BCUT2D eigenvalue weighted by molar-refractivity contribution is 5.65. The first kappa shape index (κ1) is 14.9. The normalized spacial score (nSPS) is 11.2. The minimum absolute atomic E-state index is 0.0926. The Bertz CT molecular complexity index is 110. The Morgan fingerprint density at radius 1 is 1.38 bits per heavy atom. The molecule has 0 saturated carbocycles. The molecule has 0 fully saturated rings. The first-order valence-electron chi connectivity index (χ1n) is 4.43. The minimum atomic E-state index is -0.557. The van der Waals surface area contributed by atoms with Gasteiger partial charge in [-0.25, -0.2) is 0 Å². The molecule has 0 aliphatic carbocycles. The first-order valence-corrected chi connectivity index (χ1v) is 4.43. The molecule has 0 rings (SSSR count). The van der Waals surface area contributed by atoms with Gasteiger partial charge in [0.15, 0.2) is 0 Å². The molecule has 4 heteroatoms. The lowest BCUT2D eigenvalue weighted by Gasteiger charge is -2.01. The highest BCUT2D eigenvalue weighted by Gasteiger charge is 1.96. The van der Waals surface area contributed by atoms with Gasteiger partial charge >= 0.3 is 5.97 Å². The Hall–Kier alpha value is -0.610. The van der Waals surface area contributed by atoms with E-state index >= 15 is 0 Å². The number of carbonyl (C=O) groups excluding carboxylic acids is 1. The Morgan fingerprint density at radius 2 is 1.85 bits per heavy atom. The van der Waals surface area contributed by atoms with E-state index in [1.807, 2.05) is 13.8 Å². The van der Waals surface area contributed by atoms with Gasteiger partial charge in [0.2, 0.25) is 0 Å². The summed E-state index contributed by atoms with van der Waals surface area (Å²) in [4.78, 5) is 10.0. The van der Waals surface area contributed by atoms with E-state index in [1.54, 1.807) is 6.92 Å². The largest absolute Gasteiger partial charge is 0.463 e. The minimum Gasteiger partial charge on any atom is -0.463 e. The summed E-state index contributed by atoms with van der Waals surface area (Å²) in [7, 11) is 0. The van der Waals surface area contributed by atoms with Crippen molar-refractivity contribution in [3.63, 3.8) is 0 Å². The fourth-order valence-corrected chi connectivity index (χ4v) is 0.442. The summed E-state index contributed by atoms with van der Waals surface area (Å²) in [5, 5.41) is 8.52. The molecule has 0 aliphatic heterocycles. The zero-order chi connectivity index (χ0) is 10.7. The molecule has 0 aromatic carbocycles. The number of aliphatic hydroxyl groups is 1. The smallest absolute Gasteiger partial charge is 0.302 e. The molecule has 0 aromatic rings. The van der Waals surface area contributed by atoms with Crippen LogP contribution in [-0.2, 0) is 14.3 Å². The van der Waals surface area contributed by atoms with Crippen molar-refractivity contribution in [2.75, 3.05) is 19.8 Å². The van der Waals surface area contributed by atoms with Crippen LogP contribution in [0.25, 0.3) is 0 Å². The van der Waals surface area contributed by atoms with E-state index in [1.165, 1.54) is 6.92 Å². The van der Waals surface area contributed by atoms with Crippen molar-refractivity contribution in [1.82, 2.24) is 0 Å². The number of hydrogen-bond donors (Lipinski definition) is 1. The third-order valence-electron chi connectivity index (χ3n) is 0.936. The zero-order valence-corrected chi connectivity index (χ0v) is 8.87. The van der Waals surface area contributed by atoms with Crippen molar-refractivity contribution in [1.29, 1.82) is 0 Å². The molecule has 0 spiro atoms. The van der Waals surface area contributed by atoms with Crippen molar-refractivity contribution in [2.45, 2.75) is 33.8 Å². The van der Waals surface area contributed by atoms with Crippen molar-refractivity contribution >= 4 is 5.97 Å². The molecule has 1 N–H and O–H groups in total. The van der Waals surface area contributed by atoms with Crippen molar-refractivity contribution in [3.05, 3.63) is 0 Å². The van der Waals surface area contributed by atoms with Crippen LogP contribution in [0.3, 0.4) is 0 Å². The molecule has 0 saturated heterocycles. The summed E-state index contributed by atoms with van der Waals surface area (Å²) < 4.78 is 9.25. The van der Waals surface area contributed by atoms with Crippen LogP contribution in [0, 0.1) is 0 Å². The summed E-state index contributed by atoms with van der Waals surface area (Å²) in [5.74, 6) is -0.356. The maximum absolute atomic E-state index is 10.0. The van der Waals surface area contributed by atoms with E-state index in [4.69, 9.17) is 9.84 Å². The summed E-state index contributed by atoms with van der Waals surface area (Å²) in [5.41, 5.74) is 0. The molecule has 0 bridgehead atoms. The van der Waals surface area contributed by atoms with Crippen molar-refractivity contribution in [2.24, 2.45) is 0 Å². The Morgan fingerprint density at radius 3 is 1.92 bits per heavy atom. The van der Waals surface area contributed by atoms with E-state index < -0.39 is 6.10 Å². The second-order valence-corrected chi connectivity index (χ2v) is 2.43. The SMILES string of the molecule is CC(=O)OCC(C)O.CCOCC. The maximum atomic E-state index is 10.0. The van der Waals surface area contributed by atoms with E-state index in [0.29, 0.717) is 0 Å². The van der Waals surface area contributed by atoms with Gasteiger partial charge in [-0.2, -0.15) is 0 Å². The molecule has 1 atom stereocenters. The van der Waals surface area contributed by atoms with Crippen LogP contribution >= 0.6 is 0 Å². The molecule has 80 valence electrons. The van der Waals surface area contributed by atoms with Crippen LogP contribution < -0.4 is 0 Å². The summed E-state index contributed by atoms with van der Waals surface area (Å²) in [6, 6.07) is 0. The van der Waals surface area contributed by atoms with E-state index in [9.17, 15) is 4.79 Å². The molecule has 0 radical (unpaired) electrons. The Balaban J connectivity index is 0. The van der Waals surface area contributed by atoms with Crippen molar-refractivity contribution < 1.29 is 19.4 Å². The number of esters is 1. The van der Waals surface area contributed by atoms with Gasteiger partial charge in [0.25, 0.3) is 0 Å². The standard InChI is InChI=1S/C5H10O3.C4H10O/c1-4(6)3-8-5(2)7;1-3-5-4-2/h4,6H,3H2,1-2H3;3-4H2,1-2H3. The lowest BCUT2D eigenvalue weighted by Crippen LogP contribution is -2.12. The molecular formula is C9H20O4. The van der Waals surface area contributed by atoms with E-state index in [2.05, 4.69) is 4.74 Å². The van der Waals surface area contributed by atoms with Gasteiger partial charge < -0.3 is 14.6 Å². The first-order chi connectivity index (χ1) is 6.04. The Kier molecular flexibility index (Phi) is 13.0. The fourth-order valence-electron chi connectivity index (χ4n) is 0.442. The number of rotatable bonds is 4. The second-order valence-electron chi connectivity index (χ2n) is 2.43. The van der Waals surface area contributed by atoms with Crippen LogP contribution in [0.15, 0.2) is 0 Å². The topological polar surface area (TPSA) is 55.8 Å². The van der Waals surface area contributed by atoms with Crippen LogP contribution in [0.1, 0.15) is 27.7 Å². The second kappa shape index (κ2) is 11.4. The number of ether oxygens (including phenoxy) is 2. The summed E-state index contributed by atoms with van der Waals surface area (Å²) >= 11 is 0.